The molecule has 6 rings (SSSR count). The Bertz CT molecular complexity index is 1520. The van der Waals surface area contributed by atoms with E-state index in [9.17, 15) is 22.8 Å². The van der Waals surface area contributed by atoms with Crippen LogP contribution in [0.5, 0.6) is 5.75 Å². The summed E-state index contributed by atoms with van der Waals surface area (Å²) in [5.41, 5.74) is 1.30. The van der Waals surface area contributed by atoms with Crippen molar-refractivity contribution in [3.8, 4) is 5.75 Å². The number of likely N-dealkylation sites (N-methyl/N-ethyl adjacent to an activating group) is 1. The molecule has 0 aliphatic carbocycles. The number of anilines is 5. The zero-order valence-corrected chi connectivity index (χ0v) is 28.0. The molecule has 4 aliphatic heterocycles. The Labute approximate surface area is 284 Å². The van der Waals surface area contributed by atoms with Crippen molar-refractivity contribution in [1.29, 1.82) is 0 Å². The van der Waals surface area contributed by atoms with E-state index in [0.717, 1.165) is 50.7 Å². The van der Waals surface area contributed by atoms with Crippen molar-refractivity contribution < 1.29 is 32.2 Å². The van der Waals surface area contributed by atoms with E-state index in [1.54, 1.807) is 16.0 Å². The summed E-state index contributed by atoms with van der Waals surface area (Å²) < 4.78 is 51.6. The van der Waals surface area contributed by atoms with Gasteiger partial charge >= 0.3 is 12.4 Å². The molecule has 1 aromatic heterocycles. The topological polar surface area (TPSA) is 119 Å². The van der Waals surface area contributed by atoms with Gasteiger partial charge in [-0.25, -0.2) is 9.78 Å². The number of carbonyl (C=O) groups is 2. The van der Waals surface area contributed by atoms with Gasteiger partial charge in [0.05, 0.1) is 23.6 Å². The lowest BCUT2D eigenvalue weighted by molar-refractivity contribution is -0.274. The van der Waals surface area contributed by atoms with E-state index in [2.05, 4.69) is 48.8 Å². The van der Waals surface area contributed by atoms with E-state index in [1.807, 2.05) is 11.8 Å². The fourth-order valence-corrected chi connectivity index (χ4v) is 7.01. The van der Waals surface area contributed by atoms with Gasteiger partial charge in [0, 0.05) is 88.9 Å². The zero-order chi connectivity index (χ0) is 34.7. The van der Waals surface area contributed by atoms with Crippen molar-refractivity contribution in [2.45, 2.75) is 57.6 Å². The third-order valence-electron chi connectivity index (χ3n) is 9.72. The van der Waals surface area contributed by atoms with E-state index >= 15 is 0 Å². The second kappa shape index (κ2) is 14.8. The number of nitrogens with one attached hydrogen (secondary N) is 2. The molecule has 3 fully saturated rings. The van der Waals surface area contributed by atoms with Crippen molar-refractivity contribution in [3.05, 3.63) is 36.5 Å². The minimum atomic E-state index is -5.00. The molecule has 0 radical (unpaired) electrons. The van der Waals surface area contributed by atoms with Gasteiger partial charge in [-0.3, -0.25) is 14.6 Å². The maximum Gasteiger partial charge on any atom is 0.573 e. The second-order valence-corrected chi connectivity index (χ2v) is 12.8. The number of ether oxygens (including phenoxy) is 2. The Hall–Kier alpha value is -4.15. The predicted molar refractivity (Wildman–Crippen MR) is 179 cm³/mol. The number of benzene rings is 1. The highest BCUT2D eigenvalue weighted by Gasteiger charge is 2.38. The van der Waals surface area contributed by atoms with Crippen LogP contribution in [0.2, 0.25) is 0 Å². The van der Waals surface area contributed by atoms with Crippen LogP contribution in [-0.2, 0) is 16.1 Å². The number of hydrogen-bond donors (Lipinski definition) is 2. The minimum absolute atomic E-state index is 0.0256. The third-order valence-corrected chi connectivity index (χ3v) is 9.72. The summed E-state index contributed by atoms with van der Waals surface area (Å²) in [5, 5.41) is 5.66. The van der Waals surface area contributed by atoms with Crippen LogP contribution in [0.25, 0.3) is 0 Å². The number of fused-ring (bicyclic) bond motifs is 1. The van der Waals surface area contributed by atoms with Crippen LogP contribution < -0.4 is 25.2 Å². The van der Waals surface area contributed by atoms with Crippen LogP contribution in [0.4, 0.5) is 46.8 Å². The highest BCUT2D eigenvalue weighted by atomic mass is 19.4. The average Bonchev–Trinajstić information content (AvgIpc) is 3.09. The second-order valence-electron chi connectivity index (χ2n) is 12.8. The first-order chi connectivity index (χ1) is 23.5. The normalized spacial score (nSPS) is 20.3. The number of halogens is 3. The zero-order valence-electron chi connectivity index (χ0n) is 28.0. The number of aromatic nitrogens is 2. The molecule has 0 bridgehead atoms. The quantitative estimate of drug-likeness (QED) is 0.368. The lowest BCUT2D eigenvalue weighted by atomic mass is 10.0. The first-order valence-electron chi connectivity index (χ1n) is 16.9. The molecule has 5 heterocycles. The van der Waals surface area contributed by atoms with Gasteiger partial charge in [0.25, 0.3) is 0 Å². The monoisotopic (exact) mass is 687 g/mol. The summed E-state index contributed by atoms with van der Waals surface area (Å²) in [6.45, 7) is 12.4. The van der Waals surface area contributed by atoms with E-state index in [4.69, 9.17) is 4.74 Å². The van der Waals surface area contributed by atoms with Crippen LogP contribution in [0.15, 0.2) is 31.0 Å². The number of hydrogen-bond acceptors (Lipinski definition) is 10. The fourth-order valence-electron chi connectivity index (χ4n) is 7.01. The van der Waals surface area contributed by atoms with Gasteiger partial charge in [0.1, 0.15) is 5.82 Å². The Balaban J connectivity index is 1.32. The summed E-state index contributed by atoms with van der Waals surface area (Å²) in [6.07, 6.45) is 0.587. The van der Waals surface area contributed by atoms with Gasteiger partial charge in [-0.2, -0.15) is 4.98 Å². The molecule has 266 valence electrons. The van der Waals surface area contributed by atoms with Crippen molar-refractivity contribution in [1.82, 2.24) is 24.7 Å². The van der Waals surface area contributed by atoms with Crippen molar-refractivity contribution in [2.75, 3.05) is 86.5 Å². The summed E-state index contributed by atoms with van der Waals surface area (Å²) >= 11 is 0. The largest absolute Gasteiger partial charge is 0.573 e. The molecule has 3 amide bonds. The third kappa shape index (κ3) is 8.02. The molecular formula is C33H44F3N9O4. The maximum absolute atomic E-state index is 13.8. The number of carbonyl (C=O) groups excluding carboxylic acids is 2. The van der Waals surface area contributed by atoms with Crippen molar-refractivity contribution in [2.24, 2.45) is 0 Å². The lowest BCUT2D eigenvalue weighted by Gasteiger charge is -2.43. The fraction of sp³-hybridized carbons (Fsp3) is 0.576. The molecular weight excluding hydrogens is 643 g/mol. The SMILES string of the molecule is C=CC(=O)Nc1cc(Nc2ncc3c(n2)N(C2CCOCC2)C(=O)N(CC)C3)c(OC(F)(F)F)cc1N1CCC(N2CCN(C)CC2)CC1. The average molecular weight is 688 g/mol. The molecule has 0 atom stereocenters. The van der Waals surface area contributed by atoms with Crippen LogP contribution in [-0.4, -0.2) is 121 Å². The predicted octanol–water partition coefficient (Wildman–Crippen LogP) is 4.40. The summed E-state index contributed by atoms with van der Waals surface area (Å²) in [5.74, 6) is -0.643. The van der Waals surface area contributed by atoms with Crippen molar-refractivity contribution in [3.63, 3.8) is 0 Å². The first-order valence-corrected chi connectivity index (χ1v) is 16.9. The Morgan fingerprint density at radius 1 is 1.06 bits per heavy atom. The van der Waals surface area contributed by atoms with E-state index in [1.165, 1.54) is 12.1 Å². The number of urea groups is 1. The van der Waals surface area contributed by atoms with E-state index in [-0.39, 0.29) is 29.4 Å². The molecule has 0 unspecified atom stereocenters. The highest BCUT2D eigenvalue weighted by molar-refractivity contribution is 6.02. The molecule has 2 aromatic rings. The molecule has 3 saturated heterocycles. The molecule has 1 aromatic carbocycles. The maximum atomic E-state index is 13.8. The van der Waals surface area contributed by atoms with Crippen LogP contribution in [0.3, 0.4) is 0 Å². The molecule has 16 heteroatoms. The summed E-state index contributed by atoms with van der Waals surface area (Å²) in [4.78, 5) is 45.2. The minimum Gasteiger partial charge on any atom is -0.403 e. The molecule has 0 saturated carbocycles. The van der Waals surface area contributed by atoms with Gasteiger partial charge in [-0.05, 0) is 51.8 Å². The van der Waals surface area contributed by atoms with Gasteiger partial charge < -0.3 is 34.8 Å². The van der Waals surface area contributed by atoms with Crippen LogP contribution in [0, 0.1) is 0 Å². The smallest absolute Gasteiger partial charge is 0.403 e. The number of piperidine rings is 1. The molecule has 4 aliphatic rings. The van der Waals surface area contributed by atoms with Crippen LogP contribution in [0.1, 0.15) is 38.2 Å². The summed E-state index contributed by atoms with van der Waals surface area (Å²) in [7, 11) is 2.11. The van der Waals surface area contributed by atoms with Gasteiger partial charge in [-0.15, -0.1) is 13.2 Å². The van der Waals surface area contributed by atoms with Gasteiger partial charge in [0.15, 0.2) is 5.75 Å². The number of alkyl halides is 3. The lowest BCUT2D eigenvalue weighted by Crippen LogP contribution is -2.53. The first kappa shape index (κ1) is 34.7. The summed E-state index contributed by atoms with van der Waals surface area (Å²) in [6, 6.07) is 2.72. The Morgan fingerprint density at radius 3 is 2.43 bits per heavy atom. The standard InChI is InChI=1S/C33H44F3N9O4/c1-4-29(46)38-25-18-26(39-31-37-20-22-21-42(5-2)32(47)45(30(22)40-31)24-8-16-48-17-9-24)28(49-33(34,35)36)19-27(25)44-10-6-23(7-11-44)43-14-12-41(3)13-15-43/h4,18-20,23-24H,1,5-17,21H2,2-3H3,(H,38,46)(H,37,39,40). The molecule has 13 nitrogen and oxygen atoms in total. The Morgan fingerprint density at radius 2 is 1.78 bits per heavy atom. The molecule has 49 heavy (non-hydrogen) atoms. The highest BCUT2D eigenvalue weighted by Crippen LogP contribution is 2.42. The van der Waals surface area contributed by atoms with E-state index in [0.29, 0.717) is 69.8 Å². The van der Waals surface area contributed by atoms with Gasteiger partial charge in [-0.1, -0.05) is 6.58 Å². The van der Waals surface area contributed by atoms with Crippen LogP contribution >= 0.6 is 0 Å². The molecule has 2 N–H and O–H groups in total. The molecule has 0 spiro atoms. The number of nitrogens with zero attached hydrogens (tertiary/aromatic N) is 7. The number of amides is 3. The van der Waals surface area contributed by atoms with E-state index < -0.39 is 18.0 Å². The number of rotatable bonds is 9. The number of piperazine rings is 1. The van der Waals surface area contributed by atoms with Gasteiger partial charge in [0.2, 0.25) is 11.9 Å². The Kier molecular flexibility index (Phi) is 10.5. The van der Waals surface area contributed by atoms with Crippen molar-refractivity contribution >= 4 is 40.8 Å².